The van der Waals surface area contributed by atoms with Gasteiger partial charge in [0.1, 0.15) is 18.0 Å². The van der Waals surface area contributed by atoms with Crippen LogP contribution in [0.4, 0.5) is 5.69 Å². The van der Waals surface area contributed by atoms with E-state index in [-0.39, 0.29) is 18.8 Å². The third kappa shape index (κ3) is 6.24. The number of anilines is 1. The van der Waals surface area contributed by atoms with E-state index in [4.69, 9.17) is 9.47 Å². The first-order chi connectivity index (χ1) is 15.4. The third-order valence-electron chi connectivity index (χ3n) is 4.54. The molecule has 0 saturated carbocycles. The van der Waals surface area contributed by atoms with E-state index in [2.05, 4.69) is 5.32 Å². The van der Waals surface area contributed by atoms with E-state index in [9.17, 15) is 13.2 Å². The van der Waals surface area contributed by atoms with Gasteiger partial charge in [-0.1, -0.05) is 48.5 Å². The lowest BCUT2D eigenvalue weighted by atomic mass is 10.2. The van der Waals surface area contributed by atoms with E-state index in [0.29, 0.717) is 23.9 Å². The van der Waals surface area contributed by atoms with Gasteiger partial charge >= 0.3 is 0 Å². The lowest BCUT2D eigenvalue weighted by molar-refractivity contribution is -0.119. The summed E-state index contributed by atoms with van der Waals surface area (Å²) in [6, 6.07) is 23.1. The van der Waals surface area contributed by atoms with Gasteiger partial charge in [0.2, 0.25) is 15.9 Å². The lowest BCUT2D eigenvalue weighted by Crippen LogP contribution is -2.40. The predicted molar refractivity (Wildman–Crippen MR) is 125 cm³/mol. The second-order valence-electron chi connectivity index (χ2n) is 6.97. The predicted octanol–water partition coefficient (Wildman–Crippen LogP) is 3.96. The van der Waals surface area contributed by atoms with E-state index in [1.165, 1.54) is 0 Å². The molecule has 0 radical (unpaired) electrons. The van der Waals surface area contributed by atoms with Crippen molar-refractivity contribution in [1.82, 2.24) is 5.32 Å². The van der Waals surface area contributed by atoms with E-state index in [1.807, 2.05) is 49.4 Å². The second kappa shape index (κ2) is 10.7. The summed E-state index contributed by atoms with van der Waals surface area (Å²) >= 11 is 0. The molecule has 1 N–H and O–H groups in total. The second-order valence-corrected chi connectivity index (χ2v) is 8.88. The van der Waals surface area contributed by atoms with Crippen LogP contribution in [-0.4, -0.2) is 33.7 Å². The van der Waals surface area contributed by atoms with Crippen molar-refractivity contribution >= 4 is 21.6 Å². The Morgan fingerprint density at radius 1 is 0.906 bits per heavy atom. The molecule has 8 heteroatoms. The molecule has 0 aliphatic carbocycles. The minimum absolute atomic E-state index is 0.217. The standard InChI is InChI=1S/C24H26N2O5S/c1-3-30-22-15-9-7-11-19(22)17-25-24(27)18-26(32(2,28)29)21-14-8-10-16-23(21)31-20-12-5-4-6-13-20/h4-16H,3,17-18H2,1-2H3,(H,25,27). The Kier molecular flexibility index (Phi) is 7.72. The molecular weight excluding hydrogens is 428 g/mol. The average molecular weight is 455 g/mol. The molecule has 3 aromatic rings. The SMILES string of the molecule is CCOc1ccccc1CNC(=O)CN(c1ccccc1Oc1ccccc1)S(C)(=O)=O. The van der Waals surface area contributed by atoms with Crippen LogP contribution in [0.25, 0.3) is 0 Å². The maximum atomic E-state index is 12.7. The number of nitrogens with zero attached hydrogens (tertiary/aromatic N) is 1. The Bertz CT molecular complexity index is 1150. The van der Waals surface area contributed by atoms with Crippen molar-refractivity contribution in [2.75, 3.05) is 23.7 Å². The number of para-hydroxylation sites is 4. The van der Waals surface area contributed by atoms with E-state index >= 15 is 0 Å². The summed E-state index contributed by atoms with van der Waals surface area (Å²) in [5.41, 5.74) is 1.09. The van der Waals surface area contributed by atoms with Crippen LogP contribution in [0.1, 0.15) is 12.5 Å². The largest absolute Gasteiger partial charge is 0.494 e. The quantitative estimate of drug-likeness (QED) is 0.501. The van der Waals surface area contributed by atoms with Crippen molar-refractivity contribution in [2.45, 2.75) is 13.5 Å². The normalized spacial score (nSPS) is 10.9. The molecule has 0 aromatic heterocycles. The van der Waals surface area contributed by atoms with Crippen LogP contribution in [-0.2, 0) is 21.4 Å². The molecule has 0 fully saturated rings. The van der Waals surface area contributed by atoms with Gasteiger partial charge in [0.05, 0.1) is 18.6 Å². The Morgan fingerprint density at radius 2 is 1.53 bits per heavy atom. The van der Waals surface area contributed by atoms with Crippen LogP contribution in [0.15, 0.2) is 78.9 Å². The van der Waals surface area contributed by atoms with Crippen LogP contribution >= 0.6 is 0 Å². The topological polar surface area (TPSA) is 84.9 Å². The third-order valence-corrected chi connectivity index (χ3v) is 5.67. The van der Waals surface area contributed by atoms with Crippen LogP contribution in [0.2, 0.25) is 0 Å². The van der Waals surface area contributed by atoms with Gasteiger partial charge in [0, 0.05) is 12.1 Å². The van der Waals surface area contributed by atoms with Gasteiger partial charge < -0.3 is 14.8 Å². The zero-order valence-electron chi connectivity index (χ0n) is 18.0. The molecule has 0 spiro atoms. The molecule has 0 heterocycles. The number of sulfonamides is 1. The van der Waals surface area contributed by atoms with Gasteiger partial charge in [-0.2, -0.15) is 0 Å². The Labute approximate surface area is 188 Å². The van der Waals surface area contributed by atoms with Gasteiger partial charge in [-0.05, 0) is 37.3 Å². The maximum Gasteiger partial charge on any atom is 0.241 e. The highest BCUT2D eigenvalue weighted by atomic mass is 32.2. The summed E-state index contributed by atoms with van der Waals surface area (Å²) in [5.74, 6) is 1.12. The van der Waals surface area contributed by atoms with Crippen LogP contribution in [0, 0.1) is 0 Å². The fourth-order valence-corrected chi connectivity index (χ4v) is 3.93. The van der Waals surface area contributed by atoms with Crippen molar-refractivity contribution in [3.8, 4) is 17.2 Å². The molecule has 0 unspecified atom stereocenters. The highest BCUT2D eigenvalue weighted by Crippen LogP contribution is 2.33. The number of nitrogens with one attached hydrogen (secondary N) is 1. The number of carbonyl (C=O) groups excluding carboxylic acids is 1. The van der Waals surface area contributed by atoms with Crippen LogP contribution in [0.5, 0.6) is 17.2 Å². The summed E-state index contributed by atoms with van der Waals surface area (Å²) in [6.45, 7) is 2.22. The number of rotatable bonds is 10. The molecule has 1 amide bonds. The van der Waals surface area contributed by atoms with E-state index < -0.39 is 15.9 Å². The number of benzene rings is 3. The van der Waals surface area contributed by atoms with Gasteiger partial charge in [-0.3, -0.25) is 9.10 Å². The minimum atomic E-state index is -3.76. The van der Waals surface area contributed by atoms with Crippen molar-refractivity contribution in [3.63, 3.8) is 0 Å². The lowest BCUT2D eigenvalue weighted by Gasteiger charge is -2.24. The average Bonchev–Trinajstić information content (AvgIpc) is 2.78. The number of amides is 1. The fourth-order valence-electron chi connectivity index (χ4n) is 3.07. The molecule has 0 atom stereocenters. The smallest absolute Gasteiger partial charge is 0.241 e. The van der Waals surface area contributed by atoms with Crippen LogP contribution < -0.4 is 19.1 Å². The summed E-state index contributed by atoms with van der Waals surface area (Å²) in [4.78, 5) is 12.7. The summed E-state index contributed by atoms with van der Waals surface area (Å²) in [6.07, 6.45) is 1.06. The zero-order chi connectivity index (χ0) is 23.0. The number of ether oxygens (including phenoxy) is 2. The summed E-state index contributed by atoms with van der Waals surface area (Å²) < 4.78 is 37.6. The molecule has 3 aromatic carbocycles. The fraction of sp³-hybridized carbons (Fsp3) is 0.208. The maximum absolute atomic E-state index is 12.7. The van der Waals surface area contributed by atoms with Crippen molar-refractivity contribution in [3.05, 3.63) is 84.4 Å². The van der Waals surface area contributed by atoms with Gasteiger partial charge in [0.15, 0.2) is 5.75 Å². The monoisotopic (exact) mass is 454 g/mol. The Balaban J connectivity index is 1.78. The van der Waals surface area contributed by atoms with E-state index in [1.54, 1.807) is 36.4 Å². The highest BCUT2D eigenvalue weighted by molar-refractivity contribution is 7.92. The first-order valence-corrected chi connectivity index (χ1v) is 12.0. The minimum Gasteiger partial charge on any atom is -0.494 e. The number of carbonyl (C=O) groups is 1. The van der Waals surface area contributed by atoms with Gasteiger partial charge in [0.25, 0.3) is 0 Å². The molecule has 3 rings (SSSR count). The Morgan fingerprint density at radius 3 is 2.22 bits per heavy atom. The molecule has 7 nitrogen and oxygen atoms in total. The summed E-state index contributed by atoms with van der Waals surface area (Å²) in [7, 11) is -3.76. The molecule has 168 valence electrons. The molecule has 0 bridgehead atoms. The highest BCUT2D eigenvalue weighted by Gasteiger charge is 2.24. The van der Waals surface area contributed by atoms with E-state index in [0.717, 1.165) is 16.1 Å². The van der Waals surface area contributed by atoms with Crippen molar-refractivity contribution in [2.24, 2.45) is 0 Å². The first-order valence-electron chi connectivity index (χ1n) is 10.2. The van der Waals surface area contributed by atoms with Crippen LogP contribution in [0.3, 0.4) is 0 Å². The molecule has 32 heavy (non-hydrogen) atoms. The molecule has 0 aliphatic rings. The van der Waals surface area contributed by atoms with Crippen molar-refractivity contribution in [1.29, 1.82) is 0 Å². The van der Waals surface area contributed by atoms with Crippen molar-refractivity contribution < 1.29 is 22.7 Å². The zero-order valence-corrected chi connectivity index (χ0v) is 18.8. The number of hydrogen-bond donors (Lipinski definition) is 1. The van der Waals surface area contributed by atoms with Gasteiger partial charge in [-0.15, -0.1) is 0 Å². The summed E-state index contributed by atoms with van der Waals surface area (Å²) in [5, 5.41) is 2.77. The molecular formula is C24H26N2O5S. The molecule has 0 saturated heterocycles. The molecule has 0 aliphatic heterocycles. The Hall–Kier alpha value is -3.52. The van der Waals surface area contributed by atoms with Gasteiger partial charge in [-0.25, -0.2) is 8.42 Å². The first kappa shape index (κ1) is 23.1. The number of hydrogen-bond acceptors (Lipinski definition) is 5.